The Labute approximate surface area is 166 Å². The second kappa shape index (κ2) is 8.70. The first-order chi connectivity index (χ1) is 13.4. The van der Waals surface area contributed by atoms with Crippen LogP contribution in [0.2, 0.25) is 0 Å². The minimum absolute atomic E-state index is 0.106. The number of amides is 1. The first kappa shape index (κ1) is 19.6. The first-order valence-electron chi connectivity index (χ1n) is 9.53. The summed E-state index contributed by atoms with van der Waals surface area (Å²) < 4.78 is 1.99. The maximum absolute atomic E-state index is 12.2. The number of rotatable bonds is 6. The zero-order valence-corrected chi connectivity index (χ0v) is 17.0. The standard InChI is InChI=1S/C24H27N3O/c1-17-5-9-21(10-6-17)15-25-24(28)14-13-23-19(3)26-27(20(23)4)16-22-11-7-18(2)8-12-22/h5-14H,15-16H2,1-4H3,(H,25,28)/b14-13+. The molecule has 0 aliphatic heterocycles. The van der Waals surface area contributed by atoms with Crippen LogP contribution >= 0.6 is 0 Å². The van der Waals surface area contributed by atoms with Gasteiger partial charge in [-0.3, -0.25) is 9.48 Å². The Bertz CT molecular complexity index is 980. The molecule has 28 heavy (non-hydrogen) atoms. The molecule has 4 nitrogen and oxygen atoms in total. The van der Waals surface area contributed by atoms with Crippen molar-refractivity contribution in [1.82, 2.24) is 15.1 Å². The van der Waals surface area contributed by atoms with Gasteiger partial charge in [0, 0.05) is 23.9 Å². The van der Waals surface area contributed by atoms with Gasteiger partial charge in [0.1, 0.15) is 0 Å². The smallest absolute Gasteiger partial charge is 0.244 e. The van der Waals surface area contributed by atoms with E-state index in [1.807, 2.05) is 48.9 Å². The molecule has 1 N–H and O–H groups in total. The van der Waals surface area contributed by atoms with E-state index in [2.05, 4.69) is 48.5 Å². The predicted octanol–water partition coefficient (Wildman–Crippen LogP) is 4.49. The number of benzene rings is 2. The molecule has 1 heterocycles. The van der Waals surface area contributed by atoms with Crippen molar-refractivity contribution >= 4 is 12.0 Å². The number of aromatic nitrogens is 2. The molecule has 0 aliphatic rings. The van der Waals surface area contributed by atoms with Gasteiger partial charge in [-0.05, 0) is 44.9 Å². The summed E-state index contributed by atoms with van der Waals surface area (Å²) in [4.78, 5) is 12.2. The van der Waals surface area contributed by atoms with Crippen molar-refractivity contribution in [1.29, 1.82) is 0 Å². The summed E-state index contributed by atoms with van der Waals surface area (Å²) in [5, 5.41) is 7.57. The maximum atomic E-state index is 12.2. The molecule has 1 aromatic heterocycles. The van der Waals surface area contributed by atoms with E-state index in [0.29, 0.717) is 6.54 Å². The van der Waals surface area contributed by atoms with E-state index < -0.39 is 0 Å². The minimum atomic E-state index is -0.106. The second-order valence-electron chi connectivity index (χ2n) is 7.26. The third-order valence-corrected chi connectivity index (χ3v) is 4.88. The largest absolute Gasteiger partial charge is 0.348 e. The number of hydrogen-bond acceptors (Lipinski definition) is 2. The molecule has 0 atom stereocenters. The summed E-state index contributed by atoms with van der Waals surface area (Å²) in [6, 6.07) is 16.6. The lowest BCUT2D eigenvalue weighted by Crippen LogP contribution is -2.20. The van der Waals surface area contributed by atoms with Crippen molar-refractivity contribution in [2.24, 2.45) is 0 Å². The molecule has 2 aromatic carbocycles. The Morgan fingerprint density at radius 3 is 2.11 bits per heavy atom. The number of hydrogen-bond donors (Lipinski definition) is 1. The first-order valence-corrected chi connectivity index (χ1v) is 9.53. The molecule has 0 spiro atoms. The van der Waals surface area contributed by atoms with Crippen molar-refractivity contribution in [3.05, 3.63) is 93.8 Å². The molecule has 144 valence electrons. The summed E-state index contributed by atoms with van der Waals surface area (Å²) in [7, 11) is 0. The van der Waals surface area contributed by atoms with E-state index >= 15 is 0 Å². The van der Waals surface area contributed by atoms with Gasteiger partial charge < -0.3 is 5.32 Å². The number of nitrogens with zero attached hydrogens (tertiary/aromatic N) is 2. The number of carbonyl (C=O) groups is 1. The fourth-order valence-electron chi connectivity index (χ4n) is 3.09. The summed E-state index contributed by atoms with van der Waals surface area (Å²) >= 11 is 0. The number of carbonyl (C=O) groups excluding carboxylic acids is 1. The van der Waals surface area contributed by atoms with Crippen molar-refractivity contribution in [3.8, 4) is 0 Å². The van der Waals surface area contributed by atoms with E-state index in [4.69, 9.17) is 0 Å². The SMILES string of the molecule is Cc1ccc(CNC(=O)/C=C/c2c(C)nn(Cc3ccc(C)cc3)c2C)cc1. The highest BCUT2D eigenvalue weighted by atomic mass is 16.1. The van der Waals surface area contributed by atoms with Crippen LogP contribution in [-0.4, -0.2) is 15.7 Å². The van der Waals surface area contributed by atoms with Gasteiger partial charge in [0.05, 0.1) is 12.2 Å². The molecule has 0 aliphatic carbocycles. The van der Waals surface area contributed by atoms with Gasteiger partial charge in [0.15, 0.2) is 0 Å². The molecule has 3 aromatic rings. The van der Waals surface area contributed by atoms with E-state index in [9.17, 15) is 4.79 Å². The van der Waals surface area contributed by atoms with Gasteiger partial charge in [0.2, 0.25) is 5.91 Å². The lowest BCUT2D eigenvalue weighted by molar-refractivity contribution is -0.116. The molecule has 0 fully saturated rings. The van der Waals surface area contributed by atoms with Crippen LogP contribution in [0, 0.1) is 27.7 Å². The summed E-state index contributed by atoms with van der Waals surface area (Å²) in [6.07, 6.45) is 3.44. The molecule has 0 bridgehead atoms. The average molecular weight is 374 g/mol. The Kier molecular flexibility index (Phi) is 6.09. The van der Waals surface area contributed by atoms with Crippen LogP contribution in [-0.2, 0) is 17.9 Å². The zero-order chi connectivity index (χ0) is 20.1. The molecule has 4 heteroatoms. The Hall–Kier alpha value is -3.14. The van der Waals surface area contributed by atoms with Crippen LogP contribution in [0.4, 0.5) is 0 Å². The van der Waals surface area contributed by atoms with Crippen LogP contribution in [0.5, 0.6) is 0 Å². The van der Waals surface area contributed by atoms with Gasteiger partial charge >= 0.3 is 0 Å². The monoisotopic (exact) mass is 373 g/mol. The Morgan fingerprint density at radius 1 is 0.929 bits per heavy atom. The van der Waals surface area contributed by atoms with Crippen molar-refractivity contribution in [2.75, 3.05) is 0 Å². The Morgan fingerprint density at radius 2 is 1.50 bits per heavy atom. The Balaban J connectivity index is 1.64. The summed E-state index contributed by atoms with van der Waals surface area (Å²) in [6.45, 7) is 9.39. The molecular weight excluding hydrogens is 346 g/mol. The van der Waals surface area contributed by atoms with E-state index in [-0.39, 0.29) is 5.91 Å². The topological polar surface area (TPSA) is 46.9 Å². The highest BCUT2D eigenvalue weighted by Crippen LogP contribution is 2.16. The van der Waals surface area contributed by atoms with Gasteiger partial charge in [0.25, 0.3) is 0 Å². The maximum Gasteiger partial charge on any atom is 0.244 e. The zero-order valence-electron chi connectivity index (χ0n) is 17.0. The fourth-order valence-corrected chi connectivity index (χ4v) is 3.09. The van der Waals surface area contributed by atoms with Crippen molar-refractivity contribution in [2.45, 2.75) is 40.8 Å². The van der Waals surface area contributed by atoms with E-state index in [1.54, 1.807) is 6.08 Å². The minimum Gasteiger partial charge on any atom is -0.348 e. The molecule has 0 saturated carbocycles. The number of aryl methyl sites for hydroxylation is 3. The molecule has 3 rings (SSSR count). The van der Waals surface area contributed by atoms with Gasteiger partial charge in [-0.1, -0.05) is 59.7 Å². The quantitative estimate of drug-likeness (QED) is 0.647. The highest BCUT2D eigenvalue weighted by molar-refractivity contribution is 5.91. The second-order valence-corrected chi connectivity index (χ2v) is 7.26. The van der Waals surface area contributed by atoms with Crippen LogP contribution in [0.25, 0.3) is 6.08 Å². The normalized spacial score (nSPS) is 11.1. The molecule has 1 amide bonds. The van der Waals surface area contributed by atoms with Crippen LogP contribution in [0.15, 0.2) is 54.6 Å². The summed E-state index contributed by atoms with van der Waals surface area (Å²) in [5.41, 5.74) is 7.74. The van der Waals surface area contributed by atoms with Gasteiger partial charge in [-0.2, -0.15) is 5.10 Å². The van der Waals surface area contributed by atoms with Crippen LogP contribution in [0.3, 0.4) is 0 Å². The van der Waals surface area contributed by atoms with Crippen molar-refractivity contribution in [3.63, 3.8) is 0 Å². The van der Waals surface area contributed by atoms with Gasteiger partial charge in [-0.15, -0.1) is 0 Å². The fraction of sp³-hybridized carbons (Fsp3) is 0.250. The number of nitrogens with one attached hydrogen (secondary N) is 1. The molecular formula is C24H27N3O. The van der Waals surface area contributed by atoms with Gasteiger partial charge in [-0.25, -0.2) is 0 Å². The van der Waals surface area contributed by atoms with E-state index in [0.717, 1.165) is 29.1 Å². The summed E-state index contributed by atoms with van der Waals surface area (Å²) in [5.74, 6) is -0.106. The van der Waals surface area contributed by atoms with Crippen LogP contribution < -0.4 is 5.32 Å². The third kappa shape index (κ3) is 4.97. The third-order valence-electron chi connectivity index (χ3n) is 4.88. The average Bonchev–Trinajstić information content (AvgIpc) is 2.94. The van der Waals surface area contributed by atoms with E-state index in [1.165, 1.54) is 16.7 Å². The highest BCUT2D eigenvalue weighted by Gasteiger charge is 2.10. The van der Waals surface area contributed by atoms with Crippen LogP contribution in [0.1, 0.15) is 39.2 Å². The molecule has 0 unspecified atom stereocenters. The lowest BCUT2D eigenvalue weighted by Gasteiger charge is -2.05. The lowest BCUT2D eigenvalue weighted by atomic mass is 10.1. The molecule has 0 saturated heterocycles. The van der Waals surface area contributed by atoms with Crippen molar-refractivity contribution < 1.29 is 4.79 Å². The predicted molar refractivity (Wildman–Crippen MR) is 114 cm³/mol. The molecule has 0 radical (unpaired) electrons.